The van der Waals surface area contributed by atoms with Crippen LogP contribution >= 0.6 is 17.1 Å². The molecule has 58 heavy (non-hydrogen) atoms. The first kappa shape index (κ1) is 40.7. The van der Waals surface area contributed by atoms with Gasteiger partial charge in [0, 0.05) is 17.1 Å². The van der Waals surface area contributed by atoms with Crippen LogP contribution in [0.4, 0.5) is 5.95 Å². The molecule has 4 heterocycles. The minimum absolute atomic E-state index is 0.0271. The number of H-pyrrole nitrogens is 1. The molecule has 2 N–H and O–H groups in total. The van der Waals surface area contributed by atoms with Crippen molar-refractivity contribution >= 4 is 51.9 Å². The van der Waals surface area contributed by atoms with Gasteiger partial charge in [-0.15, -0.1) is 0 Å². The molecular formula is C42H48N5O8PS2. The molecule has 4 atom stereocenters. The average Bonchev–Trinajstić information content (AvgIpc) is 3.94. The van der Waals surface area contributed by atoms with Crippen LogP contribution in [0.25, 0.3) is 11.2 Å². The average molecular weight is 846 g/mol. The number of rotatable bonds is 13. The molecule has 1 saturated carbocycles. The van der Waals surface area contributed by atoms with Crippen molar-refractivity contribution in [1.29, 1.82) is 0 Å². The number of aromatic nitrogens is 4. The van der Waals surface area contributed by atoms with E-state index in [0.717, 1.165) is 42.4 Å². The molecule has 5 aromatic rings. The van der Waals surface area contributed by atoms with Gasteiger partial charge in [0.15, 0.2) is 11.2 Å². The zero-order valence-electron chi connectivity index (χ0n) is 32.9. The summed E-state index contributed by atoms with van der Waals surface area (Å²) >= 11 is 7.95. The summed E-state index contributed by atoms with van der Waals surface area (Å²) < 4.78 is 40.4. The molecule has 1 spiro atoms. The quantitative estimate of drug-likeness (QED) is 0.0872. The van der Waals surface area contributed by atoms with Gasteiger partial charge in [0.1, 0.15) is 29.4 Å². The zero-order valence-corrected chi connectivity index (χ0v) is 35.4. The second-order valence-electron chi connectivity index (χ2n) is 15.3. The van der Waals surface area contributed by atoms with Gasteiger partial charge in [-0.1, -0.05) is 99.1 Å². The molecule has 8 rings (SSSR count). The third-order valence-electron chi connectivity index (χ3n) is 11.1. The van der Waals surface area contributed by atoms with Crippen molar-refractivity contribution in [1.82, 2.24) is 19.5 Å². The van der Waals surface area contributed by atoms with E-state index in [2.05, 4.69) is 20.3 Å². The Morgan fingerprint density at radius 1 is 1.00 bits per heavy atom. The van der Waals surface area contributed by atoms with Crippen molar-refractivity contribution in [3.63, 3.8) is 0 Å². The van der Waals surface area contributed by atoms with Crippen molar-refractivity contribution < 1.29 is 32.8 Å². The second-order valence-corrected chi connectivity index (χ2v) is 21.8. The van der Waals surface area contributed by atoms with Gasteiger partial charge in [0.25, 0.3) is 5.56 Å². The van der Waals surface area contributed by atoms with Gasteiger partial charge >= 0.3 is 0 Å². The molecule has 13 nitrogen and oxygen atoms in total. The number of carbonyl (C=O) groups is 1. The molecule has 0 unspecified atom stereocenters. The van der Waals surface area contributed by atoms with Gasteiger partial charge < -0.3 is 28.0 Å². The zero-order chi connectivity index (χ0) is 40.5. The number of carbonyl (C=O) groups excluding carboxylic acids is 1. The van der Waals surface area contributed by atoms with Gasteiger partial charge in [-0.05, 0) is 65.6 Å². The van der Waals surface area contributed by atoms with E-state index < -0.39 is 35.3 Å². The number of anilines is 1. The van der Waals surface area contributed by atoms with E-state index in [1.54, 1.807) is 44.0 Å². The molecule has 2 saturated heterocycles. The van der Waals surface area contributed by atoms with Crippen LogP contribution in [0.2, 0.25) is 0 Å². The smallest absolute Gasteiger partial charge is 0.280 e. The number of methoxy groups -OCH3 is 2. The van der Waals surface area contributed by atoms with Crippen LogP contribution in [-0.4, -0.2) is 69.8 Å². The summed E-state index contributed by atoms with van der Waals surface area (Å²) in [7, 11) is 3.28. The Morgan fingerprint density at radius 2 is 1.64 bits per heavy atom. The van der Waals surface area contributed by atoms with E-state index in [-0.39, 0.29) is 40.3 Å². The van der Waals surface area contributed by atoms with Gasteiger partial charge in [0.05, 0.1) is 39.9 Å². The fraction of sp³-hybridized carbons (Fsp3) is 0.429. The molecule has 2 aromatic heterocycles. The first-order valence-electron chi connectivity index (χ1n) is 19.6. The number of imidazole rings is 1. The number of hydrogen-bond donors (Lipinski definition) is 2. The standard InChI is InChI=1S/C42H48N5O8PS2/c1-27(2)38(48)45-40-44-37-36(39(49)46-40)43-26-47(37)35-23-33(55-56(57)53-25-41(58-56)21-9-6-10-22-41)34(54-35)24-52-42(28-11-7-5-8-12-28,29-13-17-31(50-3)18-14-29)30-15-19-32(51-4)20-16-30/h5,7-8,11-20,26-27,33-35H,6,9-10,21-25H2,1-4H3,(H2,44,45,46,48,49)/t33-,34+,35+,56+/m0/s1. The number of nitrogens with zero attached hydrogens (tertiary/aromatic N) is 3. The van der Waals surface area contributed by atoms with Crippen LogP contribution in [0.15, 0.2) is 90.0 Å². The largest absolute Gasteiger partial charge is 0.497 e. The Labute approximate surface area is 346 Å². The maximum atomic E-state index is 13.2. The maximum Gasteiger partial charge on any atom is 0.280 e. The van der Waals surface area contributed by atoms with E-state index in [1.807, 2.05) is 78.9 Å². The second kappa shape index (κ2) is 16.9. The highest BCUT2D eigenvalue weighted by Gasteiger charge is 2.50. The third-order valence-corrected chi connectivity index (χ3v) is 16.9. The monoisotopic (exact) mass is 845 g/mol. The maximum absolute atomic E-state index is 13.2. The Morgan fingerprint density at radius 3 is 2.26 bits per heavy atom. The fourth-order valence-electron chi connectivity index (χ4n) is 8.01. The highest BCUT2D eigenvalue weighted by molar-refractivity contribution is 8.68. The van der Waals surface area contributed by atoms with E-state index in [1.165, 1.54) is 12.7 Å². The number of nitrogens with one attached hydrogen (secondary N) is 2. The molecule has 2 aliphatic heterocycles. The summed E-state index contributed by atoms with van der Waals surface area (Å²) in [4.78, 5) is 37.4. The van der Waals surface area contributed by atoms with Crippen molar-refractivity contribution in [3.05, 3.63) is 112 Å². The topological polar surface area (TPSA) is 148 Å². The highest BCUT2D eigenvalue weighted by atomic mass is 32.9. The van der Waals surface area contributed by atoms with Gasteiger partial charge in [-0.25, -0.2) is 4.98 Å². The summed E-state index contributed by atoms with van der Waals surface area (Å²) in [6.07, 6.45) is 5.63. The van der Waals surface area contributed by atoms with Crippen molar-refractivity contribution in [2.24, 2.45) is 5.92 Å². The normalized spacial score (nSPS) is 23.1. The van der Waals surface area contributed by atoms with E-state index in [0.29, 0.717) is 24.5 Å². The molecule has 306 valence electrons. The number of ether oxygens (including phenoxy) is 4. The minimum atomic E-state index is -2.80. The molecule has 3 aromatic carbocycles. The number of aromatic amines is 1. The summed E-state index contributed by atoms with van der Waals surface area (Å²) in [6, 6.07) is 25.8. The molecule has 1 aliphatic carbocycles. The molecule has 16 heteroatoms. The number of hydrogen-bond acceptors (Lipinski definition) is 12. The summed E-state index contributed by atoms with van der Waals surface area (Å²) in [6.45, 7) is 4.17. The van der Waals surface area contributed by atoms with Crippen LogP contribution in [0.1, 0.15) is 75.3 Å². The molecule has 3 aliphatic rings. The Balaban J connectivity index is 1.18. The molecular weight excluding hydrogens is 798 g/mol. The number of amides is 1. The number of benzene rings is 3. The van der Waals surface area contributed by atoms with Crippen LogP contribution in [0, 0.1) is 5.92 Å². The van der Waals surface area contributed by atoms with Crippen LogP contribution in [0.5, 0.6) is 11.5 Å². The van der Waals surface area contributed by atoms with Gasteiger partial charge in [-0.2, -0.15) is 4.98 Å². The lowest BCUT2D eigenvalue weighted by Gasteiger charge is -2.37. The third kappa shape index (κ3) is 8.10. The highest BCUT2D eigenvalue weighted by Crippen LogP contribution is 2.74. The van der Waals surface area contributed by atoms with Crippen LogP contribution in [-0.2, 0) is 40.7 Å². The van der Waals surface area contributed by atoms with E-state index in [9.17, 15) is 9.59 Å². The molecule has 0 radical (unpaired) electrons. The summed E-state index contributed by atoms with van der Waals surface area (Å²) in [5, 5.41) is 2.70. The molecule has 1 amide bonds. The summed E-state index contributed by atoms with van der Waals surface area (Å²) in [5.41, 5.74) is -1.36. The van der Waals surface area contributed by atoms with Gasteiger partial charge in [0.2, 0.25) is 17.5 Å². The lowest BCUT2D eigenvalue weighted by atomic mass is 9.80. The van der Waals surface area contributed by atoms with E-state index in [4.69, 9.17) is 39.8 Å². The summed E-state index contributed by atoms with van der Waals surface area (Å²) in [5.74, 6) is 0.856. The lowest BCUT2D eigenvalue weighted by Crippen LogP contribution is -2.38. The predicted octanol–water partition coefficient (Wildman–Crippen LogP) is 8.10. The number of fused-ring (bicyclic) bond motifs is 1. The fourth-order valence-corrected chi connectivity index (χ4v) is 15.1. The molecule has 3 fully saturated rings. The lowest BCUT2D eigenvalue weighted by molar-refractivity contribution is -0.118. The van der Waals surface area contributed by atoms with E-state index >= 15 is 0 Å². The first-order chi connectivity index (χ1) is 28.0. The van der Waals surface area contributed by atoms with Crippen molar-refractivity contribution in [3.8, 4) is 11.5 Å². The minimum Gasteiger partial charge on any atom is -0.497 e. The van der Waals surface area contributed by atoms with Crippen LogP contribution < -0.4 is 20.3 Å². The first-order valence-corrected chi connectivity index (χ1v) is 23.7. The Bertz CT molecular complexity index is 2290. The van der Waals surface area contributed by atoms with Gasteiger partial charge in [-0.3, -0.25) is 24.5 Å². The predicted molar refractivity (Wildman–Crippen MR) is 227 cm³/mol. The molecule has 0 bridgehead atoms. The Kier molecular flexibility index (Phi) is 11.8. The van der Waals surface area contributed by atoms with Crippen molar-refractivity contribution in [2.75, 3.05) is 32.8 Å². The van der Waals surface area contributed by atoms with Crippen molar-refractivity contribution in [2.45, 2.75) is 81.2 Å². The SMILES string of the molecule is COc1ccc(C(OC[C@H]2O[C@@H](n3cnc4c(=O)[nH]c(NC(=O)C(C)C)nc43)C[C@@H]2O[P@@]2(=S)OCC3(CCCCC3)S2)(c2ccccc2)c2ccc(OC)cc2)cc1. The van der Waals surface area contributed by atoms with Crippen LogP contribution in [0.3, 0.4) is 0 Å². The Hall–Kier alpha value is -4.08.